The van der Waals surface area contributed by atoms with Crippen LogP contribution in [0.5, 0.6) is 0 Å². The number of hydrogen-bond donors (Lipinski definition) is 0. The average molecular weight is 381 g/mol. The van der Waals surface area contributed by atoms with Crippen LogP contribution in [0.15, 0.2) is 16.7 Å². The van der Waals surface area contributed by atoms with Crippen molar-refractivity contribution in [1.82, 2.24) is 9.47 Å². The van der Waals surface area contributed by atoms with Crippen molar-refractivity contribution in [2.45, 2.75) is 70.2 Å². The number of ether oxygens (including phenoxy) is 1. The molecule has 2 fully saturated rings. The van der Waals surface area contributed by atoms with Gasteiger partial charge in [-0.15, -0.1) is 0 Å². The molecule has 0 N–H and O–H groups in total. The van der Waals surface area contributed by atoms with Gasteiger partial charge in [0.2, 0.25) is 5.91 Å². The Morgan fingerprint density at radius 2 is 2.09 bits per heavy atom. The average Bonchev–Trinajstić information content (AvgIpc) is 3.33. The Kier molecular flexibility index (Phi) is 4.50. The minimum Gasteiger partial charge on any atom is -0.374 e. The monoisotopic (exact) mass is 380 g/mol. The van der Waals surface area contributed by atoms with E-state index >= 15 is 0 Å². The highest BCUT2D eigenvalue weighted by Crippen LogP contribution is 2.39. The van der Waals surface area contributed by atoms with Crippen LogP contribution in [0.25, 0.3) is 0 Å². The molecular formula is C18H25BrN2O2. The number of amides is 1. The number of halogens is 1. The lowest BCUT2D eigenvalue weighted by atomic mass is 9.99. The summed E-state index contributed by atoms with van der Waals surface area (Å²) in [7, 11) is 0. The maximum Gasteiger partial charge on any atom is 0.225 e. The van der Waals surface area contributed by atoms with Crippen molar-refractivity contribution < 1.29 is 9.53 Å². The highest BCUT2D eigenvalue weighted by Gasteiger charge is 2.36. The zero-order chi connectivity index (χ0) is 15.8. The normalized spacial score (nSPS) is 28.3. The van der Waals surface area contributed by atoms with Gasteiger partial charge in [-0.2, -0.15) is 0 Å². The van der Waals surface area contributed by atoms with Gasteiger partial charge < -0.3 is 14.2 Å². The van der Waals surface area contributed by atoms with Crippen LogP contribution in [0, 0.1) is 5.92 Å². The summed E-state index contributed by atoms with van der Waals surface area (Å²) >= 11 is 3.54. The van der Waals surface area contributed by atoms with Crippen molar-refractivity contribution in [2.75, 3.05) is 6.54 Å². The number of carbonyl (C=O) groups excluding carboxylic acids is 1. The lowest BCUT2D eigenvalue weighted by Crippen LogP contribution is -2.37. The Labute approximate surface area is 146 Å². The molecule has 2 atom stereocenters. The number of aryl methyl sites for hydroxylation is 1. The molecule has 1 aliphatic carbocycles. The molecule has 1 amide bonds. The molecule has 0 spiro atoms. The van der Waals surface area contributed by atoms with E-state index in [1.54, 1.807) is 0 Å². The highest BCUT2D eigenvalue weighted by atomic mass is 79.9. The minimum absolute atomic E-state index is 0.142. The number of nitrogens with zero attached hydrogens (tertiary/aromatic N) is 2. The van der Waals surface area contributed by atoms with Crippen molar-refractivity contribution in [3.05, 3.63) is 22.4 Å². The Hall–Kier alpha value is -0.810. The number of aromatic nitrogens is 1. The first-order valence-corrected chi connectivity index (χ1v) is 9.76. The fourth-order valence-corrected chi connectivity index (χ4v) is 4.51. The van der Waals surface area contributed by atoms with Crippen molar-refractivity contribution in [1.29, 1.82) is 0 Å². The zero-order valence-electron chi connectivity index (χ0n) is 13.5. The van der Waals surface area contributed by atoms with E-state index in [-0.39, 0.29) is 12.0 Å². The molecule has 3 aliphatic rings. The molecule has 1 saturated carbocycles. The quantitative estimate of drug-likeness (QED) is 0.800. The van der Waals surface area contributed by atoms with Gasteiger partial charge in [0.15, 0.2) is 0 Å². The third kappa shape index (κ3) is 3.66. The predicted octanol–water partition coefficient (Wildman–Crippen LogP) is 3.72. The molecule has 1 aromatic heterocycles. The number of rotatable bonds is 3. The molecule has 0 radical (unpaired) electrons. The van der Waals surface area contributed by atoms with E-state index in [1.165, 1.54) is 31.4 Å². The molecule has 0 unspecified atom stereocenters. The molecule has 4 rings (SSSR count). The molecule has 0 aromatic carbocycles. The summed E-state index contributed by atoms with van der Waals surface area (Å²) in [6.07, 6.45) is 10.4. The predicted molar refractivity (Wildman–Crippen MR) is 92.0 cm³/mol. The van der Waals surface area contributed by atoms with E-state index in [0.717, 1.165) is 42.9 Å². The maximum atomic E-state index is 12.8. The second-order valence-electron chi connectivity index (χ2n) is 7.28. The first kappa shape index (κ1) is 15.7. The van der Waals surface area contributed by atoms with Gasteiger partial charge in [0, 0.05) is 29.5 Å². The molecular weight excluding hydrogens is 356 g/mol. The lowest BCUT2D eigenvalue weighted by molar-refractivity contribution is -0.138. The van der Waals surface area contributed by atoms with Crippen LogP contribution in [0.4, 0.5) is 0 Å². The SMILES string of the molecule is O=C(C[C@@H]1CCC[C@H](C2CC2)O1)N1CCCn2cc(Br)cc2C1. The molecule has 5 heteroatoms. The summed E-state index contributed by atoms with van der Waals surface area (Å²) in [6.45, 7) is 2.58. The van der Waals surface area contributed by atoms with Crippen molar-refractivity contribution in [3.63, 3.8) is 0 Å². The van der Waals surface area contributed by atoms with Crippen LogP contribution in [-0.2, 0) is 22.6 Å². The third-order valence-electron chi connectivity index (χ3n) is 5.42. The van der Waals surface area contributed by atoms with Gasteiger partial charge in [-0.1, -0.05) is 0 Å². The third-order valence-corrected chi connectivity index (χ3v) is 5.85. The Balaban J connectivity index is 1.36. The summed E-state index contributed by atoms with van der Waals surface area (Å²) in [6, 6.07) is 2.13. The second-order valence-corrected chi connectivity index (χ2v) is 8.20. The van der Waals surface area contributed by atoms with Gasteiger partial charge in [0.25, 0.3) is 0 Å². The second kappa shape index (κ2) is 6.60. The van der Waals surface area contributed by atoms with Gasteiger partial charge >= 0.3 is 0 Å². The molecule has 2 aliphatic heterocycles. The van der Waals surface area contributed by atoms with Crippen LogP contribution in [0.2, 0.25) is 0 Å². The number of carbonyl (C=O) groups is 1. The summed E-state index contributed by atoms with van der Waals surface area (Å²) in [4.78, 5) is 14.8. The fraction of sp³-hybridized carbons (Fsp3) is 0.722. The summed E-state index contributed by atoms with van der Waals surface area (Å²) in [5.41, 5.74) is 1.23. The molecule has 126 valence electrons. The Bertz CT molecular complexity index is 582. The number of hydrogen-bond acceptors (Lipinski definition) is 2. The van der Waals surface area contributed by atoms with Crippen LogP contribution in [0.3, 0.4) is 0 Å². The van der Waals surface area contributed by atoms with Crippen LogP contribution in [-0.4, -0.2) is 34.1 Å². The van der Waals surface area contributed by atoms with Gasteiger partial charge in [-0.3, -0.25) is 4.79 Å². The van der Waals surface area contributed by atoms with E-state index in [2.05, 4.69) is 32.8 Å². The fourth-order valence-electron chi connectivity index (χ4n) is 3.99. The maximum absolute atomic E-state index is 12.8. The molecule has 1 aromatic rings. The first-order chi connectivity index (χ1) is 11.2. The lowest BCUT2D eigenvalue weighted by Gasteiger charge is -2.31. The highest BCUT2D eigenvalue weighted by molar-refractivity contribution is 9.10. The van der Waals surface area contributed by atoms with Crippen LogP contribution < -0.4 is 0 Å². The van der Waals surface area contributed by atoms with E-state index < -0.39 is 0 Å². The van der Waals surface area contributed by atoms with Crippen molar-refractivity contribution >= 4 is 21.8 Å². The Morgan fingerprint density at radius 1 is 1.22 bits per heavy atom. The largest absolute Gasteiger partial charge is 0.374 e. The summed E-state index contributed by atoms with van der Waals surface area (Å²) in [5.74, 6) is 1.05. The number of fused-ring (bicyclic) bond motifs is 1. The molecule has 0 bridgehead atoms. The smallest absolute Gasteiger partial charge is 0.225 e. The van der Waals surface area contributed by atoms with Gasteiger partial charge in [-0.25, -0.2) is 0 Å². The molecule has 1 saturated heterocycles. The first-order valence-electron chi connectivity index (χ1n) is 8.97. The van der Waals surface area contributed by atoms with Gasteiger partial charge in [0.1, 0.15) is 0 Å². The van der Waals surface area contributed by atoms with E-state index in [1.807, 2.05) is 4.90 Å². The van der Waals surface area contributed by atoms with E-state index in [4.69, 9.17) is 4.74 Å². The molecule has 23 heavy (non-hydrogen) atoms. The minimum atomic E-state index is 0.142. The molecule has 3 heterocycles. The van der Waals surface area contributed by atoms with Crippen LogP contribution in [0.1, 0.15) is 50.6 Å². The standard InChI is InChI=1S/C18H25BrN2O2/c19-14-9-15-12-21(8-2-7-20(15)11-14)18(22)10-16-3-1-4-17(23-16)13-5-6-13/h9,11,13,16-17H,1-8,10,12H2/t16-,17+/m0/s1. The Morgan fingerprint density at radius 3 is 2.91 bits per heavy atom. The summed E-state index contributed by atoms with van der Waals surface area (Å²) < 4.78 is 9.58. The molecule has 4 nitrogen and oxygen atoms in total. The van der Waals surface area contributed by atoms with Crippen LogP contribution >= 0.6 is 15.9 Å². The van der Waals surface area contributed by atoms with Crippen molar-refractivity contribution in [3.8, 4) is 0 Å². The van der Waals surface area contributed by atoms with Gasteiger partial charge in [-0.05, 0) is 66.4 Å². The summed E-state index contributed by atoms with van der Waals surface area (Å²) in [5, 5.41) is 0. The van der Waals surface area contributed by atoms with E-state index in [9.17, 15) is 4.79 Å². The van der Waals surface area contributed by atoms with E-state index in [0.29, 0.717) is 12.5 Å². The topological polar surface area (TPSA) is 34.5 Å². The van der Waals surface area contributed by atoms with Gasteiger partial charge in [0.05, 0.1) is 25.2 Å². The van der Waals surface area contributed by atoms with Crippen molar-refractivity contribution in [2.24, 2.45) is 5.92 Å². The zero-order valence-corrected chi connectivity index (χ0v) is 15.1.